The Balaban J connectivity index is 2.17. The predicted molar refractivity (Wildman–Crippen MR) is 66.8 cm³/mol. The summed E-state index contributed by atoms with van der Waals surface area (Å²) in [6, 6.07) is 14.5. The molecule has 2 nitrogen and oxygen atoms in total. The number of aryl methyl sites for hydroxylation is 1. The molecule has 1 atom stereocenters. The minimum absolute atomic E-state index is 0.120. The molecule has 0 aromatic heterocycles. The van der Waals surface area contributed by atoms with Crippen molar-refractivity contribution in [3.63, 3.8) is 0 Å². The van der Waals surface area contributed by atoms with Crippen LogP contribution in [0.4, 0.5) is 0 Å². The molecule has 3 heteroatoms. The van der Waals surface area contributed by atoms with Crippen molar-refractivity contribution in [2.75, 3.05) is 11.5 Å². The van der Waals surface area contributed by atoms with Crippen LogP contribution in [0, 0.1) is 28.6 Å². The minimum Gasteiger partial charge on any atom is -0.198 e. The largest absolute Gasteiger partial charge is 0.198 e. The topological polar surface area (TPSA) is 47.6 Å². The van der Waals surface area contributed by atoms with Crippen molar-refractivity contribution >= 4 is 11.8 Å². The lowest BCUT2D eigenvalue weighted by atomic mass is 10.1. The minimum atomic E-state index is -0.120. The molecule has 0 N–H and O–H groups in total. The molecular weight excluding hydrogens is 216 g/mol. The van der Waals surface area contributed by atoms with E-state index in [1.165, 1.54) is 5.56 Å². The SMILES string of the molecule is N#CCC(C#N)CSCCc1ccccc1. The van der Waals surface area contributed by atoms with Gasteiger partial charge in [-0.3, -0.25) is 0 Å². The molecule has 16 heavy (non-hydrogen) atoms. The third-order valence-corrected chi connectivity index (χ3v) is 3.35. The smallest absolute Gasteiger partial charge is 0.0683 e. The Labute approximate surface area is 101 Å². The van der Waals surface area contributed by atoms with E-state index in [2.05, 4.69) is 18.2 Å². The highest BCUT2D eigenvalue weighted by atomic mass is 32.2. The van der Waals surface area contributed by atoms with Crippen LogP contribution < -0.4 is 0 Å². The first-order valence-electron chi connectivity index (χ1n) is 5.25. The summed E-state index contributed by atoms with van der Waals surface area (Å²) in [4.78, 5) is 0. The van der Waals surface area contributed by atoms with Gasteiger partial charge in [0.2, 0.25) is 0 Å². The van der Waals surface area contributed by atoms with Crippen LogP contribution in [-0.4, -0.2) is 11.5 Å². The van der Waals surface area contributed by atoms with Crippen LogP contribution in [-0.2, 0) is 6.42 Å². The monoisotopic (exact) mass is 230 g/mol. The Morgan fingerprint density at radius 1 is 1.19 bits per heavy atom. The molecular formula is C13H14N2S. The number of hydrogen-bond acceptors (Lipinski definition) is 3. The second-order valence-corrected chi connectivity index (χ2v) is 4.65. The van der Waals surface area contributed by atoms with E-state index in [9.17, 15) is 0 Å². The highest BCUT2D eigenvalue weighted by Gasteiger charge is 2.06. The van der Waals surface area contributed by atoms with E-state index in [0.29, 0.717) is 6.42 Å². The Morgan fingerprint density at radius 3 is 2.56 bits per heavy atom. The molecule has 1 unspecified atom stereocenters. The summed E-state index contributed by atoms with van der Waals surface area (Å²) in [7, 11) is 0. The molecule has 0 aliphatic carbocycles. The molecule has 1 rings (SSSR count). The van der Waals surface area contributed by atoms with Crippen molar-refractivity contribution < 1.29 is 0 Å². The van der Waals surface area contributed by atoms with Crippen LogP contribution in [0.15, 0.2) is 30.3 Å². The van der Waals surface area contributed by atoms with E-state index in [4.69, 9.17) is 10.5 Å². The standard InChI is InChI=1S/C13H14N2S/c14-8-6-13(10-15)11-16-9-7-12-4-2-1-3-5-12/h1-5,13H,6-7,9,11H2. The van der Waals surface area contributed by atoms with Gasteiger partial charge in [-0.15, -0.1) is 0 Å². The molecule has 0 amide bonds. The molecule has 0 saturated carbocycles. The van der Waals surface area contributed by atoms with Crippen molar-refractivity contribution in [1.82, 2.24) is 0 Å². The zero-order chi connectivity index (χ0) is 11.6. The fraction of sp³-hybridized carbons (Fsp3) is 0.385. The highest BCUT2D eigenvalue weighted by Crippen LogP contribution is 2.13. The first-order chi connectivity index (χ1) is 7.86. The van der Waals surface area contributed by atoms with Gasteiger partial charge < -0.3 is 0 Å². The summed E-state index contributed by atoms with van der Waals surface area (Å²) in [5, 5.41) is 17.3. The maximum Gasteiger partial charge on any atom is 0.0683 e. The summed E-state index contributed by atoms with van der Waals surface area (Å²) < 4.78 is 0. The van der Waals surface area contributed by atoms with Gasteiger partial charge in [-0.25, -0.2) is 0 Å². The number of nitriles is 2. The number of benzene rings is 1. The van der Waals surface area contributed by atoms with Gasteiger partial charge in [0.25, 0.3) is 0 Å². The van der Waals surface area contributed by atoms with Crippen LogP contribution in [0.2, 0.25) is 0 Å². The van der Waals surface area contributed by atoms with Crippen molar-refractivity contribution in [3.8, 4) is 12.1 Å². The molecule has 0 aliphatic rings. The molecule has 0 fully saturated rings. The molecule has 0 spiro atoms. The first kappa shape index (κ1) is 12.6. The highest BCUT2D eigenvalue weighted by molar-refractivity contribution is 7.99. The second kappa shape index (κ2) is 7.79. The molecule has 1 aromatic carbocycles. The summed E-state index contributed by atoms with van der Waals surface area (Å²) in [5.41, 5.74) is 1.32. The van der Waals surface area contributed by atoms with Gasteiger partial charge in [0.1, 0.15) is 0 Å². The molecule has 0 aliphatic heterocycles. The van der Waals surface area contributed by atoms with Crippen molar-refractivity contribution in [1.29, 1.82) is 10.5 Å². The zero-order valence-electron chi connectivity index (χ0n) is 9.10. The fourth-order valence-electron chi connectivity index (χ4n) is 1.31. The van der Waals surface area contributed by atoms with E-state index in [-0.39, 0.29) is 5.92 Å². The molecule has 0 bridgehead atoms. The fourth-order valence-corrected chi connectivity index (χ4v) is 2.34. The van der Waals surface area contributed by atoms with Gasteiger partial charge in [-0.1, -0.05) is 30.3 Å². The van der Waals surface area contributed by atoms with Crippen molar-refractivity contribution in [2.24, 2.45) is 5.92 Å². The van der Waals surface area contributed by atoms with Gasteiger partial charge in [0.15, 0.2) is 0 Å². The maximum atomic E-state index is 8.76. The van der Waals surface area contributed by atoms with Crippen LogP contribution >= 0.6 is 11.8 Å². The lowest BCUT2D eigenvalue weighted by Crippen LogP contribution is -2.00. The van der Waals surface area contributed by atoms with Gasteiger partial charge in [-0.05, 0) is 17.7 Å². The first-order valence-corrected chi connectivity index (χ1v) is 6.40. The lowest BCUT2D eigenvalue weighted by molar-refractivity contribution is 0.781. The van der Waals surface area contributed by atoms with E-state index in [1.54, 1.807) is 11.8 Å². The lowest BCUT2D eigenvalue weighted by Gasteiger charge is -2.04. The van der Waals surface area contributed by atoms with E-state index in [1.807, 2.05) is 24.3 Å². The van der Waals surface area contributed by atoms with Gasteiger partial charge in [-0.2, -0.15) is 22.3 Å². The Bertz CT molecular complexity index is 375. The Hall–Kier alpha value is -1.45. The summed E-state index contributed by atoms with van der Waals surface area (Å²) in [5.74, 6) is 1.65. The van der Waals surface area contributed by atoms with Crippen molar-refractivity contribution in [3.05, 3.63) is 35.9 Å². The molecule has 0 radical (unpaired) electrons. The number of hydrogen-bond donors (Lipinski definition) is 0. The summed E-state index contributed by atoms with van der Waals surface area (Å²) in [6.07, 6.45) is 1.37. The van der Waals surface area contributed by atoms with Gasteiger partial charge >= 0.3 is 0 Å². The average molecular weight is 230 g/mol. The predicted octanol–water partition coefficient (Wildman–Crippen LogP) is 3.02. The average Bonchev–Trinajstić information content (AvgIpc) is 2.34. The molecule has 82 valence electrons. The number of thioether (sulfide) groups is 1. The second-order valence-electron chi connectivity index (χ2n) is 3.50. The van der Waals surface area contributed by atoms with Crippen LogP contribution in [0.1, 0.15) is 12.0 Å². The molecule has 0 heterocycles. The Kier molecular flexibility index (Phi) is 6.15. The van der Waals surface area contributed by atoms with Gasteiger partial charge in [0.05, 0.1) is 24.5 Å². The summed E-state index contributed by atoms with van der Waals surface area (Å²) in [6.45, 7) is 0. The van der Waals surface area contributed by atoms with Crippen molar-refractivity contribution in [2.45, 2.75) is 12.8 Å². The van der Waals surface area contributed by atoms with E-state index < -0.39 is 0 Å². The quantitative estimate of drug-likeness (QED) is 0.706. The molecule has 0 saturated heterocycles. The van der Waals surface area contributed by atoms with Crippen LogP contribution in [0.25, 0.3) is 0 Å². The zero-order valence-corrected chi connectivity index (χ0v) is 9.91. The van der Waals surface area contributed by atoms with Gasteiger partial charge in [0, 0.05) is 5.75 Å². The normalized spacial score (nSPS) is 11.4. The van der Waals surface area contributed by atoms with Crippen LogP contribution in [0.5, 0.6) is 0 Å². The third kappa shape index (κ3) is 4.87. The number of rotatable bonds is 6. The Morgan fingerprint density at radius 2 is 1.94 bits per heavy atom. The summed E-state index contributed by atoms with van der Waals surface area (Å²) >= 11 is 1.75. The third-order valence-electron chi connectivity index (χ3n) is 2.22. The van der Waals surface area contributed by atoms with Crippen LogP contribution in [0.3, 0.4) is 0 Å². The molecule has 1 aromatic rings. The maximum absolute atomic E-state index is 8.76. The van der Waals surface area contributed by atoms with E-state index >= 15 is 0 Å². The van der Waals surface area contributed by atoms with E-state index in [0.717, 1.165) is 17.9 Å². The number of nitrogens with zero attached hydrogens (tertiary/aromatic N) is 2.